The highest BCUT2D eigenvalue weighted by molar-refractivity contribution is 7.98. The Morgan fingerprint density at radius 1 is 1.04 bits per heavy atom. The van der Waals surface area contributed by atoms with E-state index in [1.807, 2.05) is 43.8 Å². The van der Waals surface area contributed by atoms with Gasteiger partial charge in [0.25, 0.3) is 5.91 Å². The van der Waals surface area contributed by atoms with Crippen molar-refractivity contribution in [3.63, 3.8) is 0 Å². The quantitative estimate of drug-likeness (QED) is 0.735. The molecule has 0 saturated carbocycles. The summed E-state index contributed by atoms with van der Waals surface area (Å²) < 4.78 is 5.60. The predicted molar refractivity (Wildman–Crippen MR) is 102 cm³/mol. The van der Waals surface area contributed by atoms with Crippen LogP contribution in [0.2, 0.25) is 0 Å². The Balaban J connectivity index is 1.61. The zero-order valence-corrected chi connectivity index (χ0v) is 15.4. The molecule has 0 bridgehead atoms. The van der Waals surface area contributed by atoms with Gasteiger partial charge in [0.1, 0.15) is 5.75 Å². The van der Waals surface area contributed by atoms with Crippen LogP contribution >= 0.6 is 11.8 Å². The molecule has 0 spiro atoms. The van der Waals surface area contributed by atoms with Crippen LogP contribution in [-0.4, -0.2) is 24.8 Å². The summed E-state index contributed by atoms with van der Waals surface area (Å²) in [5.41, 5.74) is 4.76. The van der Waals surface area contributed by atoms with Crippen molar-refractivity contribution in [1.29, 1.82) is 0 Å². The Bertz CT molecular complexity index is 668. The monoisotopic (exact) mass is 343 g/mol. The number of hydrogen-bond donors (Lipinski definition) is 1. The van der Waals surface area contributed by atoms with E-state index in [0.29, 0.717) is 6.54 Å². The number of amides is 1. The molecule has 0 aliphatic carbocycles. The predicted octanol–water partition coefficient (Wildman–Crippen LogP) is 4.04. The van der Waals surface area contributed by atoms with Gasteiger partial charge in [0.05, 0.1) is 0 Å². The lowest BCUT2D eigenvalue weighted by molar-refractivity contribution is -0.122. The van der Waals surface area contributed by atoms with E-state index in [2.05, 4.69) is 36.5 Å². The van der Waals surface area contributed by atoms with Gasteiger partial charge in [-0.05, 0) is 43.5 Å². The highest BCUT2D eigenvalue weighted by atomic mass is 32.2. The van der Waals surface area contributed by atoms with E-state index in [1.54, 1.807) is 0 Å². The number of carbonyl (C=O) groups is 1. The zero-order valence-electron chi connectivity index (χ0n) is 14.6. The van der Waals surface area contributed by atoms with Gasteiger partial charge in [0.2, 0.25) is 0 Å². The lowest BCUT2D eigenvalue weighted by Gasteiger charge is -2.10. The molecule has 0 aromatic heterocycles. The topological polar surface area (TPSA) is 38.3 Å². The minimum absolute atomic E-state index is 0.0624. The summed E-state index contributed by atoms with van der Waals surface area (Å²) in [4.78, 5) is 11.8. The van der Waals surface area contributed by atoms with Crippen LogP contribution in [0, 0.1) is 20.8 Å². The maximum atomic E-state index is 11.8. The molecular formula is C20H25NO2S. The molecule has 4 heteroatoms. The number of rotatable bonds is 8. The first-order valence-corrected chi connectivity index (χ1v) is 9.30. The van der Waals surface area contributed by atoms with E-state index in [9.17, 15) is 4.79 Å². The highest BCUT2D eigenvalue weighted by Crippen LogP contribution is 2.18. The standard InChI is InChI=1S/C20H25NO2S/c1-15-5-8-18(9-6-15)14-24-11-10-21-20(22)13-23-19-12-16(2)4-7-17(19)3/h4-9,12H,10-11,13-14H2,1-3H3,(H,21,22). The van der Waals surface area contributed by atoms with E-state index in [0.717, 1.165) is 28.4 Å². The SMILES string of the molecule is Cc1ccc(CSCCNC(=O)COc2cc(C)ccc2C)cc1. The summed E-state index contributed by atoms with van der Waals surface area (Å²) in [6.07, 6.45) is 0. The molecule has 0 fully saturated rings. The molecule has 2 rings (SSSR count). The smallest absolute Gasteiger partial charge is 0.257 e. The van der Waals surface area contributed by atoms with Crippen LogP contribution in [0.25, 0.3) is 0 Å². The van der Waals surface area contributed by atoms with Crippen LogP contribution in [0.5, 0.6) is 5.75 Å². The summed E-state index contributed by atoms with van der Waals surface area (Å²) in [5.74, 6) is 2.56. The van der Waals surface area contributed by atoms with Gasteiger partial charge >= 0.3 is 0 Å². The van der Waals surface area contributed by atoms with Crippen molar-refractivity contribution in [3.8, 4) is 5.75 Å². The van der Waals surface area contributed by atoms with Crippen molar-refractivity contribution in [2.24, 2.45) is 0 Å². The number of aryl methyl sites for hydroxylation is 3. The number of thioether (sulfide) groups is 1. The minimum atomic E-state index is -0.0770. The fourth-order valence-electron chi connectivity index (χ4n) is 2.19. The van der Waals surface area contributed by atoms with E-state index in [-0.39, 0.29) is 12.5 Å². The summed E-state index contributed by atoms with van der Waals surface area (Å²) in [6, 6.07) is 14.6. The summed E-state index contributed by atoms with van der Waals surface area (Å²) >= 11 is 1.82. The molecule has 0 aliphatic rings. The molecular weight excluding hydrogens is 318 g/mol. The van der Waals surface area contributed by atoms with E-state index in [4.69, 9.17) is 4.74 Å². The van der Waals surface area contributed by atoms with Gasteiger partial charge in [-0.1, -0.05) is 42.0 Å². The third kappa shape index (κ3) is 6.28. The summed E-state index contributed by atoms with van der Waals surface area (Å²) in [6.45, 7) is 6.80. The molecule has 0 aliphatic heterocycles. The lowest BCUT2D eigenvalue weighted by atomic mass is 10.1. The van der Waals surface area contributed by atoms with E-state index >= 15 is 0 Å². The molecule has 0 atom stereocenters. The molecule has 0 heterocycles. The third-order valence-corrected chi connectivity index (χ3v) is 4.69. The van der Waals surface area contributed by atoms with Crippen molar-refractivity contribution >= 4 is 17.7 Å². The zero-order chi connectivity index (χ0) is 17.4. The van der Waals surface area contributed by atoms with Crippen molar-refractivity contribution in [3.05, 3.63) is 64.7 Å². The molecule has 0 unspecified atom stereocenters. The van der Waals surface area contributed by atoms with Gasteiger partial charge in [-0.3, -0.25) is 4.79 Å². The van der Waals surface area contributed by atoms with Crippen LogP contribution in [0.3, 0.4) is 0 Å². The highest BCUT2D eigenvalue weighted by Gasteiger charge is 2.05. The second kappa shape index (κ2) is 9.38. The summed E-state index contributed by atoms with van der Waals surface area (Å²) in [7, 11) is 0. The maximum absolute atomic E-state index is 11.8. The van der Waals surface area contributed by atoms with Crippen LogP contribution in [0.1, 0.15) is 22.3 Å². The normalized spacial score (nSPS) is 10.5. The van der Waals surface area contributed by atoms with Crippen molar-refractivity contribution in [2.75, 3.05) is 18.9 Å². The number of hydrogen-bond acceptors (Lipinski definition) is 3. The van der Waals surface area contributed by atoms with Crippen LogP contribution in [0.4, 0.5) is 0 Å². The number of carbonyl (C=O) groups excluding carboxylic acids is 1. The Kier molecular flexibility index (Phi) is 7.19. The van der Waals surface area contributed by atoms with Crippen molar-refractivity contribution in [1.82, 2.24) is 5.32 Å². The van der Waals surface area contributed by atoms with Gasteiger partial charge < -0.3 is 10.1 Å². The molecule has 0 radical (unpaired) electrons. The van der Waals surface area contributed by atoms with Crippen molar-refractivity contribution in [2.45, 2.75) is 26.5 Å². The average molecular weight is 343 g/mol. The molecule has 3 nitrogen and oxygen atoms in total. The van der Waals surface area contributed by atoms with E-state index < -0.39 is 0 Å². The first kappa shape index (κ1) is 18.4. The number of nitrogens with one attached hydrogen (secondary N) is 1. The molecule has 1 N–H and O–H groups in total. The fourth-order valence-corrected chi connectivity index (χ4v) is 3.01. The molecule has 0 saturated heterocycles. The second-order valence-electron chi connectivity index (χ2n) is 5.95. The largest absolute Gasteiger partial charge is 0.483 e. The number of benzene rings is 2. The molecule has 1 amide bonds. The van der Waals surface area contributed by atoms with Gasteiger partial charge in [-0.2, -0.15) is 11.8 Å². The second-order valence-corrected chi connectivity index (χ2v) is 7.05. The fraction of sp³-hybridized carbons (Fsp3) is 0.350. The Morgan fingerprint density at radius 3 is 2.50 bits per heavy atom. The first-order valence-electron chi connectivity index (χ1n) is 8.14. The van der Waals surface area contributed by atoms with Crippen LogP contribution in [0.15, 0.2) is 42.5 Å². The Hall–Kier alpha value is -1.94. The van der Waals surface area contributed by atoms with Gasteiger partial charge in [0, 0.05) is 18.1 Å². The van der Waals surface area contributed by atoms with Gasteiger partial charge in [-0.15, -0.1) is 0 Å². The first-order chi connectivity index (χ1) is 11.5. The molecule has 128 valence electrons. The Labute approximate surface area is 148 Å². The van der Waals surface area contributed by atoms with Gasteiger partial charge in [0.15, 0.2) is 6.61 Å². The van der Waals surface area contributed by atoms with Crippen molar-refractivity contribution < 1.29 is 9.53 Å². The molecule has 2 aromatic rings. The third-order valence-electron chi connectivity index (χ3n) is 3.66. The minimum Gasteiger partial charge on any atom is -0.483 e. The van der Waals surface area contributed by atoms with E-state index in [1.165, 1.54) is 11.1 Å². The molecule has 2 aromatic carbocycles. The maximum Gasteiger partial charge on any atom is 0.257 e. The van der Waals surface area contributed by atoms with Crippen LogP contribution in [-0.2, 0) is 10.5 Å². The molecule has 24 heavy (non-hydrogen) atoms. The van der Waals surface area contributed by atoms with Crippen LogP contribution < -0.4 is 10.1 Å². The lowest BCUT2D eigenvalue weighted by Crippen LogP contribution is -2.30. The average Bonchev–Trinajstić information content (AvgIpc) is 2.57. The Morgan fingerprint density at radius 2 is 1.75 bits per heavy atom. The summed E-state index contributed by atoms with van der Waals surface area (Å²) in [5, 5.41) is 2.90. The van der Waals surface area contributed by atoms with Gasteiger partial charge in [-0.25, -0.2) is 0 Å². The number of ether oxygens (including phenoxy) is 1.